The van der Waals surface area contributed by atoms with Crippen LogP contribution in [0, 0.1) is 17.3 Å². The van der Waals surface area contributed by atoms with E-state index >= 15 is 0 Å². The van der Waals surface area contributed by atoms with Gasteiger partial charge in [-0.1, -0.05) is 19.1 Å². The normalized spacial score (nSPS) is 43.2. The Bertz CT molecular complexity index is 305. The molecule has 0 spiro atoms. The lowest BCUT2D eigenvalue weighted by Gasteiger charge is -2.29. The summed E-state index contributed by atoms with van der Waals surface area (Å²) in [6.45, 7) is 3.75. The highest BCUT2D eigenvalue weighted by atomic mass is 16.6. The molecule has 2 aliphatic rings. The summed E-state index contributed by atoms with van der Waals surface area (Å²) in [7, 11) is 0. The lowest BCUT2D eigenvalue weighted by Crippen LogP contribution is -2.35. The van der Waals surface area contributed by atoms with Gasteiger partial charge in [0.1, 0.15) is 0 Å². The molecule has 0 N–H and O–H groups in total. The molecule has 3 atom stereocenters. The summed E-state index contributed by atoms with van der Waals surface area (Å²) in [5.41, 5.74) is -0.700. The van der Waals surface area contributed by atoms with Crippen LogP contribution in [0.1, 0.15) is 20.3 Å². The molecule has 13 heavy (non-hydrogen) atoms. The van der Waals surface area contributed by atoms with Gasteiger partial charge in [-0.15, -0.1) is 0 Å². The lowest BCUT2D eigenvalue weighted by molar-refractivity contribution is -0.154. The number of hydrogen-bond donors (Lipinski definition) is 0. The second-order valence-electron chi connectivity index (χ2n) is 4.08. The van der Waals surface area contributed by atoms with Crippen LogP contribution >= 0.6 is 0 Å². The van der Waals surface area contributed by atoms with Crippen molar-refractivity contribution in [3.63, 3.8) is 0 Å². The van der Waals surface area contributed by atoms with Gasteiger partial charge in [-0.05, 0) is 19.3 Å². The zero-order valence-corrected chi connectivity index (χ0v) is 7.74. The highest BCUT2D eigenvalue weighted by Gasteiger charge is 2.55. The third-order valence-corrected chi connectivity index (χ3v) is 3.07. The van der Waals surface area contributed by atoms with E-state index in [1.165, 1.54) is 0 Å². The van der Waals surface area contributed by atoms with Crippen molar-refractivity contribution in [3.05, 3.63) is 12.2 Å². The third kappa shape index (κ3) is 0.961. The number of esters is 2. The Hall–Kier alpha value is -1.12. The molecule has 3 heteroatoms. The minimum atomic E-state index is -0.700. The van der Waals surface area contributed by atoms with Crippen molar-refractivity contribution in [2.24, 2.45) is 17.3 Å². The first kappa shape index (κ1) is 8.48. The van der Waals surface area contributed by atoms with E-state index in [2.05, 4.69) is 4.74 Å². The third-order valence-electron chi connectivity index (χ3n) is 3.07. The first-order chi connectivity index (χ1) is 6.05. The molecule has 3 unspecified atom stereocenters. The van der Waals surface area contributed by atoms with Crippen molar-refractivity contribution < 1.29 is 14.3 Å². The summed E-state index contributed by atoms with van der Waals surface area (Å²) in [4.78, 5) is 22.7. The summed E-state index contributed by atoms with van der Waals surface area (Å²) in [6.07, 6.45) is 4.62. The van der Waals surface area contributed by atoms with Gasteiger partial charge in [0, 0.05) is 0 Å². The lowest BCUT2D eigenvalue weighted by atomic mass is 9.68. The van der Waals surface area contributed by atoms with Gasteiger partial charge in [-0.2, -0.15) is 0 Å². The van der Waals surface area contributed by atoms with Crippen molar-refractivity contribution in [1.82, 2.24) is 0 Å². The van der Waals surface area contributed by atoms with Crippen molar-refractivity contribution in [3.8, 4) is 0 Å². The van der Waals surface area contributed by atoms with Crippen molar-refractivity contribution in [1.29, 1.82) is 0 Å². The minimum absolute atomic E-state index is 0.203. The van der Waals surface area contributed by atoms with E-state index in [0.29, 0.717) is 0 Å². The maximum absolute atomic E-state index is 11.4. The summed E-state index contributed by atoms with van der Waals surface area (Å²) in [5.74, 6) is -0.825. The number of rotatable bonds is 0. The number of fused-ring (bicyclic) bond motifs is 1. The largest absolute Gasteiger partial charge is 0.392 e. The van der Waals surface area contributed by atoms with Crippen molar-refractivity contribution in [2.75, 3.05) is 0 Å². The molecule has 0 aromatic carbocycles. The van der Waals surface area contributed by atoms with E-state index in [-0.39, 0.29) is 17.8 Å². The summed E-state index contributed by atoms with van der Waals surface area (Å²) < 4.78 is 4.65. The fraction of sp³-hybridized carbons (Fsp3) is 0.600. The van der Waals surface area contributed by atoms with E-state index in [1.54, 1.807) is 6.92 Å². The quantitative estimate of drug-likeness (QED) is 0.320. The van der Waals surface area contributed by atoms with Gasteiger partial charge in [0.25, 0.3) is 0 Å². The SMILES string of the molecule is CC1CC=CC2(C)C(=O)OC(=O)C12. The molecule has 2 rings (SSSR count). The number of carbonyl (C=O) groups is 2. The zero-order valence-electron chi connectivity index (χ0n) is 7.74. The number of hydrogen-bond acceptors (Lipinski definition) is 3. The first-order valence-electron chi connectivity index (χ1n) is 4.49. The Balaban J connectivity index is 2.47. The van der Waals surface area contributed by atoms with E-state index in [1.807, 2.05) is 19.1 Å². The van der Waals surface area contributed by atoms with E-state index in [4.69, 9.17) is 0 Å². The summed E-state index contributed by atoms with van der Waals surface area (Å²) in [6, 6.07) is 0. The molecule has 3 nitrogen and oxygen atoms in total. The van der Waals surface area contributed by atoms with Crippen LogP contribution in [0.2, 0.25) is 0 Å². The predicted molar refractivity (Wildman–Crippen MR) is 45.6 cm³/mol. The highest BCUT2D eigenvalue weighted by Crippen LogP contribution is 2.45. The second kappa shape index (κ2) is 2.44. The van der Waals surface area contributed by atoms with Gasteiger partial charge in [0.05, 0.1) is 11.3 Å². The standard InChI is InChI=1S/C10H12O3/c1-6-4-3-5-10(2)7(6)8(11)13-9(10)12/h3,5-7H,4H2,1-2H3. The zero-order chi connectivity index (χ0) is 9.64. The van der Waals surface area contributed by atoms with Gasteiger partial charge < -0.3 is 4.74 Å². The molecule has 0 aromatic heterocycles. The fourth-order valence-corrected chi connectivity index (χ4v) is 2.30. The molecule has 1 heterocycles. The molecule has 1 aliphatic carbocycles. The fourth-order valence-electron chi connectivity index (χ4n) is 2.30. The van der Waals surface area contributed by atoms with Crippen molar-refractivity contribution >= 4 is 11.9 Å². The molecule has 1 fully saturated rings. The van der Waals surface area contributed by atoms with Crippen LogP contribution in [-0.4, -0.2) is 11.9 Å². The molecule has 0 aromatic rings. The predicted octanol–water partition coefficient (Wildman–Crippen LogP) is 1.29. The van der Waals surface area contributed by atoms with E-state index < -0.39 is 11.4 Å². The smallest absolute Gasteiger partial charge is 0.324 e. The topological polar surface area (TPSA) is 43.4 Å². The van der Waals surface area contributed by atoms with Crippen LogP contribution in [0.4, 0.5) is 0 Å². The Kier molecular flexibility index (Phi) is 1.59. The maximum Gasteiger partial charge on any atom is 0.324 e. The molecule has 1 aliphatic heterocycles. The first-order valence-corrected chi connectivity index (χ1v) is 4.49. The maximum atomic E-state index is 11.4. The van der Waals surface area contributed by atoms with E-state index in [9.17, 15) is 9.59 Å². The van der Waals surface area contributed by atoms with Crippen LogP contribution in [0.5, 0.6) is 0 Å². The van der Waals surface area contributed by atoms with Gasteiger partial charge in [-0.3, -0.25) is 9.59 Å². The monoisotopic (exact) mass is 180 g/mol. The molecule has 0 amide bonds. The Morgan fingerprint density at radius 1 is 1.54 bits per heavy atom. The molecule has 70 valence electrons. The van der Waals surface area contributed by atoms with Crippen molar-refractivity contribution in [2.45, 2.75) is 20.3 Å². The molecule has 1 saturated heterocycles. The van der Waals surface area contributed by atoms with Gasteiger partial charge in [0.15, 0.2) is 0 Å². The van der Waals surface area contributed by atoms with Crippen LogP contribution in [0.25, 0.3) is 0 Å². The summed E-state index contributed by atoms with van der Waals surface area (Å²) >= 11 is 0. The van der Waals surface area contributed by atoms with Gasteiger partial charge in [0.2, 0.25) is 0 Å². The van der Waals surface area contributed by atoms with E-state index in [0.717, 1.165) is 6.42 Å². The second-order valence-corrected chi connectivity index (χ2v) is 4.08. The van der Waals surface area contributed by atoms with Crippen LogP contribution in [-0.2, 0) is 14.3 Å². The summed E-state index contributed by atoms with van der Waals surface area (Å²) in [5, 5.41) is 0. The Morgan fingerprint density at radius 2 is 2.23 bits per heavy atom. The average Bonchev–Trinajstić information content (AvgIpc) is 2.24. The molecular weight excluding hydrogens is 168 g/mol. The minimum Gasteiger partial charge on any atom is -0.392 e. The Labute approximate surface area is 76.8 Å². The van der Waals surface area contributed by atoms with Crippen LogP contribution in [0.3, 0.4) is 0 Å². The Morgan fingerprint density at radius 3 is 2.85 bits per heavy atom. The molecular formula is C10H12O3. The van der Waals surface area contributed by atoms with Crippen LogP contribution in [0.15, 0.2) is 12.2 Å². The number of allylic oxidation sites excluding steroid dienone is 1. The molecule has 0 radical (unpaired) electrons. The number of cyclic esters (lactones) is 2. The molecule has 0 bridgehead atoms. The highest BCUT2D eigenvalue weighted by molar-refractivity contribution is 6.00. The number of carbonyl (C=O) groups excluding carboxylic acids is 2. The number of ether oxygens (including phenoxy) is 1. The van der Waals surface area contributed by atoms with Crippen LogP contribution < -0.4 is 0 Å². The van der Waals surface area contributed by atoms with Gasteiger partial charge in [-0.25, -0.2) is 0 Å². The molecule has 0 saturated carbocycles. The van der Waals surface area contributed by atoms with Gasteiger partial charge >= 0.3 is 11.9 Å². The average molecular weight is 180 g/mol.